The Bertz CT molecular complexity index is 892. The van der Waals surface area contributed by atoms with Gasteiger partial charge in [0.15, 0.2) is 24.7 Å². The fourth-order valence-corrected chi connectivity index (χ4v) is 2.73. The molecule has 1 N–H and O–H groups in total. The van der Waals surface area contributed by atoms with Crippen LogP contribution in [0.3, 0.4) is 0 Å². The summed E-state index contributed by atoms with van der Waals surface area (Å²) >= 11 is 0. The number of hydrogen-bond acceptors (Lipinski definition) is 6. The van der Waals surface area contributed by atoms with Crippen molar-refractivity contribution in [1.29, 1.82) is 0 Å². The van der Waals surface area contributed by atoms with E-state index in [0.29, 0.717) is 36.0 Å². The number of nitrogens with one attached hydrogen (secondary N) is 1. The predicted molar refractivity (Wildman–Crippen MR) is 119 cm³/mol. The molecule has 0 spiro atoms. The Balaban J connectivity index is 1.84. The van der Waals surface area contributed by atoms with Crippen LogP contribution < -0.4 is 19.6 Å². The zero-order valence-electron chi connectivity index (χ0n) is 18.4. The van der Waals surface area contributed by atoms with E-state index >= 15 is 0 Å². The van der Waals surface area contributed by atoms with Gasteiger partial charge in [0.2, 0.25) is 0 Å². The average molecular weight is 428 g/mol. The van der Waals surface area contributed by atoms with E-state index in [-0.39, 0.29) is 25.0 Å². The van der Waals surface area contributed by atoms with Gasteiger partial charge in [-0.15, -0.1) is 0 Å². The third-order valence-electron chi connectivity index (χ3n) is 4.53. The zero-order chi connectivity index (χ0) is 22.6. The molecule has 0 aliphatic heterocycles. The number of amides is 2. The van der Waals surface area contributed by atoms with Crippen molar-refractivity contribution < 1.29 is 23.8 Å². The number of nitrogens with zero attached hydrogens (tertiary/aromatic N) is 2. The van der Waals surface area contributed by atoms with Gasteiger partial charge in [-0.3, -0.25) is 9.59 Å². The number of rotatable bonds is 11. The molecule has 0 saturated carbocycles. The van der Waals surface area contributed by atoms with Crippen molar-refractivity contribution in [3.63, 3.8) is 0 Å². The number of hydrogen-bond donors (Lipinski definition) is 1. The molecule has 0 radical (unpaired) electrons. The first kappa shape index (κ1) is 23.7. The van der Waals surface area contributed by atoms with Crippen LogP contribution in [0.1, 0.15) is 26.3 Å². The molecule has 2 rings (SSSR count). The fourth-order valence-electron chi connectivity index (χ4n) is 2.73. The molecule has 0 aromatic heterocycles. The largest absolute Gasteiger partial charge is 0.493 e. The lowest BCUT2D eigenvalue weighted by Crippen LogP contribution is -2.34. The van der Waals surface area contributed by atoms with E-state index in [0.717, 1.165) is 5.56 Å². The number of para-hydroxylation sites is 2. The highest BCUT2D eigenvalue weighted by Crippen LogP contribution is 2.25. The van der Waals surface area contributed by atoms with E-state index in [9.17, 15) is 9.59 Å². The molecule has 2 aromatic rings. The van der Waals surface area contributed by atoms with Crippen molar-refractivity contribution in [1.82, 2.24) is 10.3 Å². The summed E-state index contributed by atoms with van der Waals surface area (Å²) in [5, 5.41) is 4.10. The van der Waals surface area contributed by atoms with Crippen LogP contribution in [-0.2, 0) is 9.59 Å². The molecule has 8 heteroatoms. The Morgan fingerprint density at radius 2 is 1.58 bits per heavy atom. The molecule has 0 aliphatic carbocycles. The quantitative estimate of drug-likeness (QED) is 0.440. The van der Waals surface area contributed by atoms with E-state index in [4.69, 9.17) is 14.2 Å². The molecule has 0 fully saturated rings. The van der Waals surface area contributed by atoms with E-state index in [1.807, 2.05) is 32.0 Å². The van der Waals surface area contributed by atoms with Gasteiger partial charge in [-0.25, -0.2) is 5.43 Å². The first-order chi connectivity index (χ1) is 15.0. The molecule has 0 unspecified atom stereocenters. The van der Waals surface area contributed by atoms with Crippen molar-refractivity contribution >= 4 is 17.5 Å². The molecule has 31 heavy (non-hydrogen) atoms. The van der Waals surface area contributed by atoms with Crippen molar-refractivity contribution in [3.05, 3.63) is 54.1 Å². The lowest BCUT2D eigenvalue weighted by atomic mass is 10.1. The van der Waals surface area contributed by atoms with Gasteiger partial charge in [0.1, 0.15) is 5.75 Å². The molecule has 0 heterocycles. The Kier molecular flexibility index (Phi) is 9.35. The lowest BCUT2D eigenvalue weighted by Gasteiger charge is -2.18. The van der Waals surface area contributed by atoms with Crippen molar-refractivity contribution in [2.24, 2.45) is 5.10 Å². The SMILES string of the molecule is CCN(CC)C(=O)COc1ccc(/C(C)=N\NC(=O)COc2ccccc2OC)cc1. The molecule has 0 atom stereocenters. The van der Waals surface area contributed by atoms with E-state index in [1.165, 1.54) is 7.11 Å². The smallest absolute Gasteiger partial charge is 0.277 e. The van der Waals surface area contributed by atoms with Gasteiger partial charge in [0.25, 0.3) is 11.8 Å². The molecule has 2 aromatic carbocycles. The minimum absolute atomic E-state index is 0.00362. The standard InChI is InChI=1S/C23H29N3O5/c1-5-26(6-2)23(28)16-30-19-13-11-18(12-14-19)17(3)24-25-22(27)15-31-21-10-8-7-9-20(21)29-4/h7-14H,5-6,15-16H2,1-4H3,(H,25,27)/b24-17-. The molecule has 0 saturated heterocycles. The second-order valence-corrected chi connectivity index (χ2v) is 6.55. The van der Waals surface area contributed by atoms with Gasteiger partial charge < -0.3 is 19.1 Å². The first-order valence-electron chi connectivity index (χ1n) is 10.1. The highest BCUT2D eigenvalue weighted by molar-refractivity contribution is 5.99. The molecule has 8 nitrogen and oxygen atoms in total. The van der Waals surface area contributed by atoms with Gasteiger partial charge >= 0.3 is 0 Å². The van der Waals surface area contributed by atoms with Crippen LogP contribution in [0, 0.1) is 0 Å². The summed E-state index contributed by atoms with van der Waals surface area (Å²) in [4.78, 5) is 25.7. The number of ether oxygens (including phenoxy) is 3. The minimum atomic E-state index is -0.389. The summed E-state index contributed by atoms with van der Waals surface area (Å²) in [7, 11) is 1.54. The molecule has 166 valence electrons. The highest BCUT2D eigenvalue weighted by atomic mass is 16.5. The average Bonchev–Trinajstić information content (AvgIpc) is 2.81. The van der Waals surface area contributed by atoms with Crippen LogP contribution in [0.15, 0.2) is 53.6 Å². The number of methoxy groups -OCH3 is 1. The van der Waals surface area contributed by atoms with Crippen LogP contribution in [0.2, 0.25) is 0 Å². The number of hydrazone groups is 1. The van der Waals surface area contributed by atoms with Crippen LogP contribution in [0.4, 0.5) is 0 Å². The molecule has 2 amide bonds. The summed E-state index contributed by atoms with van der Waals surface area (Å²) in [6.07, 6.45) is 0. The Morgan fingerprint density at radius 3 is 2.19 bits per heavy atom. The van der Waals surface area contributed by atoms with E-state index in [1.54, 1.807) is 42.2 Å². The van der Waals surface area contributed by atoms with Crippen molar-refractivity contribution in [2.45, 2.75) is 20.8 Å². The monoisotopic (exact) mass is 427 g/mol. The van der Waals surface area contributed by atoms with Gasteiger partial charge in [-0.2, -0.15) is 5.10 Å². The third-order valence-corrected chi connectivity index (χ3v) is 4.53. The summed E-state index contributed by atoms with van der Waals surface area (Å²) < 4.78 is 16.2. The van der Waals surface area contributed by atoms with Crippen LogP contribution >= 0.6 is 0 Å². The zero-order valence-corrected chi connectivity index (χ0v) is 18.4. The molecular weight excluding hydrogens is 398 g/mol. The van der Waals surface area contributed by atoms with Gasteiger partial charge in [-0.1, -0.05) is 12.1 Å². The maximum Gasteiger partial charge on any atom is 0.277 e. The maximum absolute atomic E-state index is 12.0. The second kappa shape index (κ2) is 12.2. The van der Waals surface area contributed by atoms with Crippen LogP contribution in [0.25, 0.3) is 0 Å². The topological polar surface area (TPSA) is 89.5 Å². The predicted octanol–water partition coefficient (Wildman–Crippen LogP) is 2.86. The second-order valence-electron chi connectivity index (χ2n) is 6.55. The van der Waals surface area contributed by atoms with Gasteiger partial charge in [-0.05, 0) is 62.7 Å². The lowest BCUT2D eigenvalue weighted by molar-refractivity contribution is -0.133. The maximum atomic E-state index is 12.0. The number of carbonyl (C=O) groups excluding carboxylic acids is 2. The number of carbonyl (C=O) groups is 2. The van der Waals surface area contributed by atoms with Crippen LogP contribution in [0.5, 0.6) is 17.2 Å². The third kappa shape index (κ3) is 7.33. The first-order valence-corrected chi connectivity index (χ1v) is 10.1. The van der Waals surface area contributed by atoms with E-state index in [2.05, 4.69) is 10.5 Å². The van der Waals surface area contributed by atoms with Crippen LogP contribution in [-0.4, -0.2) is 55.8 Å². The fraction of sp³-hybridized carbons (Fsp3) is 0.348. The Labute approximate surface area is 182 Å². The van der Waals surface area contributed by atoms with Crippen molar-refractivity contribution in [2.75, 3.05) is 33.4 Å². The van der Waals surface area contributed by atoms with Gasteiger partial charge in [0.05, 0.1) is 12.8 Å². The summed E-state index contributed by atoms with van der Waals surface area (Å²) in [6, 6.07) is 14.2. The Hall–Kier alpha value is -3.55. The summed E-state index contributed by atoms with van der Waals surface area (Å²) in [5.41, 5.74) is 3.91. The number of benzene rings is 2. The molecule has 0 bridgehead atoms. The molecular formula is C23H29N3O5. The minimum Gasteiger partial charge on any atom is -0.493 e. The van der Waals surface area contributed by atoms with E-state index < -0.39 is 0 Å². The Morgan fingerprint density at radius 1 is 0.935 bits per heavy atom. The molecule has 0 aliphatic rings. The summed E-state index contributed by atoms with van der Waals surface area (Å²) in [5.74, 6) is 1.18. The van der Waals surface area contributed by atoms with Crippen molar-refractivity contribution in [3.8, 4) is 17.2 Å². The summed E-state index contributed by atoms with van der Waals surface area (Å²) in [6.45, 7) is 6.76. The normalized spacial score (nSPS) is 10.9. The highest BCUT2D eigenvalue weighted by Gasteiger charge is 2.10. The van der Waals surface area contributed by atoms with Gasteiger partial charge in [0, 0.05) is 13.1 Å². The number of likely N-dealkylation sites (N-methyl/N-ethyl adjacent to an activating group) is 1.